The van der Waals surface area contributed by atoms with E-state index < -0.39 is 5.97 Å². The first-order valence-corrected chi connectivity index (χ1v) is 4.53. The van der Waals surface area contributed by atoms with Crippen molar-refractivity contribution in [3.05, 3.63) is 18.1 Å². The van der Waals surface area contributed by atoms with Crippen LogP contribution in [0.4, 0.5) is 5.82 Å². The Balaban J connectivity index is 0.000000500. The number of hydrogen-bond acceptors (Lipinski definition) is 6. The molecule has 3 N–H and O–H groups in total. The zero-order valence-corrected chi connectivity index (χ0v) is 9.98. The minimum atomic E-state index is -0.587. The monoisotopic (exact) mass is 310 g/mol. The minimum Gasteiger partial charge on any atom is -0.390 e. The molecular weight excluding hydrogens is 299 g/mol. The third kappa shape index (κ3) is 4.33. The summed E-state index contributed by atoms with van der Waals surface area (Å²) in [7, 11) is 3.75. The standard InChI is InChI=1S/C5H4IN3O2.C2H7N/c6-11-5(10)3-4(7)9-2-1-8-3;1-3-2/h1-2H,(H2,7,9);3H,1-2H3. The third-order valence-corrected chi connectivity index (χ3v) is 1.39. The molecule has 1 heterocycles. The number of rotatable bonds is 1. The van der Waals surface area contributed by atoms with Crippen molar-refractivity contribution >= 4 is 34.8 Å². The van der Waals surface area contributed by atoms with Gasteiger partial charge in [-0.15, -0.1) is 0 Å². The van der Waals surface area contributed by atoms with Crippen LogP contribution in [0, 0.1) is 0 Å². The molecule has 6 nitrogen and oxygen atoms in total. The highest BCUT2D eigenvalue weighted by Crippen LogP contribution is 2.06. The highest BCUT2D eigenvalue weighted by molar-refractivity contribution is 14.1. The van der Waals surface area contributed by atoms with Gasteiger partial charge in [0.25, 0.3) is 0 Å². The van der Waals surface area contributed by atoms with Crippen LogP contribution in [0.3, 0.4) is 0 Å². The number of halogens is 1. The zero-order valence-electron chi connectivity index (χ0n) is 7.82. The summed E-state index contributed by atoms with van der Waals surface area (Å²) in [5.74, 6) is -0.509. The van der Waals surface area contributed by atoms with Crippen LogP contribution in [0.5, 0.6) is 0 Å². The quantitative estimate of drug-likeness (QED) is 0.730. The number of nitrogens with zero attached hydrogens (tertiary/aromatic N) is 2. The van der Waals surface area contributed by atoms with Gasteiger partial charge in [-0.3, -0.25) is 0 Å². The largest absolute Gasteiger partial charge is 0.390 e. The number of nitrogens with one attached hydrogen (secondary N) is 1. The summed E-state index contributed by atoms with van der Waals surface area (Å²) in [6.07, 6.45) is 2.78. The summed E-state index contributed by atoms with van der Waals surface area (Å²) in [4.78, 5) is 18.2. The van der Waals surface area contributed by atoms with E-state index >= 15 is 0 Å². The lowest BCUT2D eigenvalue weighted by atomic mass is 10.4. The van der Waals surface area contributed by atoms with Gasteiger partial charge in [-0.1, -0.05) is 0 Å². The average Bonchev–Trinajstić information content (AvgIpc) is 2.19. The van der Waals surface area contributed by atoms with Crippen LogP contribution < -0.4 is 11.1 Å². The van der Waals surface area contributed by atoms with E-state index in [-0.39, 0.29) is 11.5 Å². The second-order valence-corrected chi connectivity index (χ2v) is 2.60. The molecule has 1 rings (SSSR count). The van der Waals surface area contributed by atoms with Crippen LogP contribution in [0.25, 0.3) is 0 Å². The summed E-state index contributed by atoms with van der Waals surface area (Å²) in [6, 6.07) is 0. The van der Waals surface area contributed by atoms with Crippen molar-refractivity contribution in [1.29, 1.82) is 0 Å². The second-order valence-electron chi connectivity index (χ2n) is 2.15. The fraction of sp³-hybridized carbons (Fsp3) is 0.286. The molecule has 1 aromatic rings. The van der Waals surface area contributed by atoms with E-state index in [0.29, 0.717) is 0 Å². The van der Waals surface area contributed by atoms with E-state index in [1.165, 1.54) is 35.4 Å². The van der Waals surface area contributed by atoms with E-state index in [0.717, 1.165) is 0 Å². The molecule has 78 valence electrons. The van der Waals surface area contributed by atoms with Gasteiger partial charge >= 0.3 is 5.97 Å². The van der Waals surface area contributed by atoms with Gasteiger partial charge in [0.15, 0.2) is 34.5 Å². The predicted octanol–water partition coefficient (Wildman–Crippen LogP) is 0.401. The number of carbonyl (C=O) groups excluding carboxylic acids is 1. The van der Waals surface area contributed by atoms with Crippen LogP contribution in [0.1, 0.15) is 10.5 Å². The maximum absolute atomic E-state index is 10.8. The number of nitrogen functional groups attached to an aromatic ring is 1. The maximum Gasteiger partial charge on any atom is 0.370 e. The Morgan fingerprint density at radius 1 is 1.50 bits per heavy atom. The first-order chi connectivity index (χ1) is 6.67. The normalized spacial score (nSPS) is 8.50. The van der Waals surface area contributed by atoms with Crippen molar-refractivity contribution in [3.8, 4) is 0 Å². The Labute approximate surface area is 95.9 Å². The summed E-state index contributed by atoms with van der Waals surface area (Å²) in [5.41, 5.74) is 5.36. The number of anilines is 1. The highest BCUT2D eigenvalue weighted by Gasteiger charge is 2.11. The molecule has 1 aromatic heterocycles. The van der Waals surface area contributed by atoms with Crippen LogP contribution in [-0.4, -0.2) is 30.0 Å². The van der Waals surface area contributed by atoms with Crippen molar-refractivity contribution < 1.29 is 7.86 Å². The number of nitrogens with two attached hydrogens (primary N) is 1. The Bertz CT molecular complexity index is 295. The molecule has 0 bridgehead atoms. The van der Waals surface area contributed by atoms with E-state index in [2.05, 4.69) is 18.4 Å². The fourth-order valence-electron chi connectivity index (χ4n) is 0.543. The molecule has 0 amide bonds. The van der Waals surface area contributed by atoms with Gasteiger partial charge in [0, 0.05) is 12.4 Å². The number of hydrogen-bond donors (Lipinski definition) is 2. The molecular formula is C7H11IN4O2. The Morgan fingerprint density at radius 2 is 2.00 bits per heavy atom. The molecule has 0 radical (unpaired) electrons. The van der Waals surface area contributed by atoms with Gasteiger partial charge in [0.1, 0.15) is 0 Å². The van der Waals surface area contributed by atoms with Crippen LogP contribution in [0.2, 0.25) is 0 Å². The summed E-state index contributed by atoms with van der Waals surface area (Å²) in [5, 5.41) is 2.75. The molecule has 0 atom stereocenters. The van der Waals surface area contributed by atoms with E-state index in [1.54, 1.807) is 0 Å². The van der Waals surface area contributed by atoms with Crippen LogP contribution in [0.15, 0.2) is 12.4 Å². The van der Waals surface area contributed by atoms with E-state index in [4.69, 9.17) is 5.73 Å². The van der Waals surface area contributed by atoms with E-state index in [9.17, 15) is 4.79 Å². The molecule has 0 saturated carbocycles. The lowest BCUT2D eigenvalue weighted by molar-refractivity contribution is 0.0795. The van der Waals surface area contributed by atoms with Gasteiger partial charge in [0.05, 0.1) is 0 Å². The zero-order chi connectivity index (χ0) is 11.0. The average molecular weight is 310 g/mol. The molecule has 14 heavy (non-hydrogen) atoms. The van der Waals surface area contributed by atoms with Crippen molar-refractivity contribution in [1.82, 2.24) is 15.3 Å². The fourth-order valence-corrected chi connectivity index (χ4v) is 0.751. The Kier molecular flexibility index (Phi) is 6.93. The topological polar surface area (TPSA) is 90.1 Å². The summed E-state index contributed by atoms with van der Waals surface area (Å²) < 4.78 is 4.37. The van der Waals surface area contributed by atoms with Crippen molar-refractivity contribution in [3.63, 3.8) is 0 Å². The van der Waals surface area contributed by atoms with Gasteiger partial charge in [-0.05, 0) is 14.1 Å². The van der Waals surface area contributed by atoms with Crippen molar-refractivity contribution in [2.24, 2.45) is 0 Å². The third-order valence-electron chi connectivity index (χ3n) is 0.990. The summed E-state index contributed by atoms with van der Waals surface area (Å²) in [6.45, 7) is 0. The highest BCUT2D eigenvalue weighted by atomic mass is 127. The molecule has 0 aliphatic heterocycles. The van der Waals surface area contributed by atoms with Crippen molar-refractivity contribution in [2.45, 2.75) is 0 Å². The molecule has 0 aliphatic carbocycles. The molecule has 7 heteroatoms. The van der Waals surface area contributed by atoms with Gasteiger partial charge in [-0.25, -0.2) is 14.8 Å². The minimum absolute atomic E-state index is 0.0434. The molecule has 0 aliphatic rings. The molecule has 0 unspecified atom stereocenters. The molecule has 0 aromatic carbocycles. The Morgan fingerprint density at radius 3 is 2.43 bits per heavy atom. The molecule has 0 saturated heterocycles. The summed E-state index contributed by atoms with van der Waals surface area (Å²) >= 11 is 1.46. The maximum atomic E-state index is 10.8. The van der Waals surface area contributed by atoms with Crippen molar-refractivity contribution in [2.75, 3.05) is 19.8 Å². The van der Waals surface area contributed by atoms with Gasteiger partial charge in [0.2, 0.25) is 0 Å². The van der Waals surface area contributed by atoms with E-state index in [1.807, 2.05) is 14.1 Å². The first kappa shape index (κ1) is 13.0. The molecule has 0 fully saturated rings. The molecule has 0 spiro atoms. The number of aromatic nitrogens is 2. The Hall–Kier alpha value is -0.960. The lowest BCUT2D eigenvalue weighted by Crippen LogP contribution is -2.07. The predicted molar refractivity (Wildman–Crippen MR) is 60.9 cm³/mol. The van der Waals surface area contributed by atoms with Gasteiger partial charge in [-0.2, -0.15) is 0 Å². The van der Waals surface area contributed by atoms with Crippen LogP contribution in [-0.2, 0) is 3.07 Å². The second kappa shape index (κ2) is 7.44. The lowest BCUT2D eigenvalue weighted by Gasteiger charge is -1.97. The SMILES string of the molecule is CNC.Nc1nccnc1C(=O)OI. The number of carbonyl (C=O) groups is 1. The van der Waals surface area contributed by atoms with Gasteiger partial charge < -0.3 is 14.1 Å². The van der Waals surface area contributed by atoms with Crippen LogP contribution >= 0.6 is 23.0 Å². The first-order valence-electron chi connectivity index (χ1n) is 3.65. The smallest absolute Gasteiger partial charge is 0.370 e.